The molecule has 1 saturated heterocycles. The summed E-state index contributed by atoms with van der Waals surface area (Å²) in [5.41, 5.74) is 5.18. The second-order valence-corrected chi connectivity index (χ2v) is 10.1. The van der Waals surface area contributed by atoms with Crippen molar-refractivity contribution in [2.24, 2.45) is 7.05 Å². The van der Waals surface area contributed by atoms with Crippen molar-refractivity contribution in [3.05, 3.63) is 93.4 Å². The number of phenolic OH excluding ortho intramolecular Hbond substituents is 1. The Morgan fingerprint density at radius 3 is 2.18 bits per heavy atom. The normalized spacial score (nSPS) is 14.1. The second kappa shape index (κ2) is 10.2. The molecule has 0 aliphatic carbocycles. The SMILES string of the molecule is Cc1cc(C(=O)N2CCC(c3ccc(NC(=O)Cn4c(=O)n(C)c5ccccc54)cc3)CC2)cc(C)c1O. The van der Waals surface area contributed by atoms with E-state index < -0.39 is 0 Å². The van der Waals surface area contributed by atoms with Crippen LogP contribution in [0.4, 0.5) is 5.69 Å². The van der Waals surface area contributed by atoms with Crippen molar-refractivity contribution in [1.29, 1.82) is 0 Å². The Bertz CT molecular complexity index is 1550. The van der Waals surface area contributed by atoms with Gasteiger partial charge in [-0.15, -0.1) is 0 Å². The van der Waals surface area contributed by atoms with Gasteiger partial charge in [-0.3, -0.25) is 18.7 Å². The van der Waals surface area contributed by atoms with Crippen LogP contribution < -0.4 is 11.0 Å². The van der Waals surface area contributed by atoms with E-state index in [0.717, 1.165) is 23.9 Å². The predicted octanol–water partition coefficient (Wildman–Crippen LogP) is 4.32. The molecule has 3 aromatic carbocycles. The van der Waals surface area contributed by atoms with Crippen LogP contribution in [0.1, 0.15) is 45.8 Å². The molecule has 0 bridgehead atoms. The van der Waals surface area contributed by atoms with Crippen LogP contribution in [-0.2, 0) is 18.4 Å². The van der Waals surface area contributed by atoms with Crippen LogP contribution in [0.3, 0.4) is 0 Å². The van der Waals surface area contributed by atoms with Gasteiger partial charge in [0.2, 0.25) is 5.91 Å². The molecule has 0 unspecified atom stereocenters. The smallest absolute Gasteiger partial charge is 0.329 e. The molecular formula is C30H32N4O4. The summed E-state index contributed by atoms with van der Waals surface area (Å²) in [6.45, 7) is 4.89. The highest BCUT2D eigenvalue weighted by Crippen LogP contribution is 2.30. The number of amides is 2. The lowest BCUT2D eigenvalue weighted by atomic mass is 9.89. The number of nitrogens with zero attached hydrogens (tertiary/aromatic N) is 3. The first-order valence-electron chi connectivity index (χ1n) is 12.9. The molecule has 2 N–H and O–H groups in total. The fraction of sp³-hybridized carbons (Fsp3) is 0.300. The fourth-order valence-electron chi connectivity index (χ4n) is 5.38. The van der Waals surface area contributed by atoms with Gasteiger partial charge in [0.05, 0.1) is 11.0 Å². The van der Waals surface area contributed by atoms with Gasteiger partial charge in [-0.2, -0.15) is 0 Å². The first-order valence-corrected chi connectivity index (χ1v) is 12.9. The van der Waals surface area contributed by atoms with Crippen molar-refractivity contribution < 1.29 is 14.7 Å². The summed E-state index contributed by atoms with van der Waals surface area (Å²) in [5, 5.41) is 12.9. The number of rotatable bonds is 5. The number of aromatic nitrogens is 2. The topological polar surface area (TPSA) is 96.6 Å². The van der Waals surface area contributed by atoms with E-state index in [4.69, 9.17) is 0 Å². The number of carbonyl (C=O) groups excluding carboxylic acids is 2. The number of aromatic hydroxyl groups is 1. The zero-order valence-corrected chi connectivity index (χ0v) is 21.9. The van der Waals surface area contributed by atoms with E-state index >= 15 is 0 Å². The van der Waals surface area contributed by atoms with Gasteiger partial charge in [0.1, 0.15) is 12.3 Å². The number of aryl methyl sites for hydroxylation is 3. The molecule has 0 atom stereocenters. The second-order valence-electron chi connectivity index (χ2n) is 10.1. The summed E-state index contributed by atoms with van der Waals surface area (Å²) in [6.07, 6.45) is 1.72. The number of fused-ring (bicyclic) bond motifs is 1. The highest BCUT2D eigenvalue weighted by Gasteiger charge is 2.25. The average molecular weight is 513 g/mol. The van der Waals surface area contributed by atoms with E-state index in [1.165, 1.54) is 10.1 Å². The number of phenols is 1. The molecule has 8 nitrogen and oxygen atoms in total. The highest BCUT2D eigenvalue weighted by molar-refractivity contribution is 5.95. The van der Waals surface area contributed by atoms with Crippen molar-refractivity contribution >= 4 is 28.5 Å². The number of carbonyl (C=O) groups is 2. The van der Waals surface area contributed by atoms with Crippen molar-refractivity contribution in [2.75, 3.05) is 18.4 Å². The lowest BCUT2D eigenvalue weighted by molar-refractivity contribution is -0.116. The molecule has 2 amide bonds. The van der Waals surface area contributed by atoms with E-state index in [2.05, 4.69) is 5.32 Å². The van der Waals surface area contributed by atoms with Crippen LogP contribution in [0.15, 0.2) is 65.5 Å². The minimum atomic E-state index is -0.261. The zero-order chi connectivity index (χ0) is 27.0. The van der Waals surface area contributed by atoms with Crippen LogP contribution in [0.25, 0.3) is 11.0 Å². The highest BCUT2D eigenvalue weighted by atomic mass is 16.3. The minimum Gasteiger partial charge on any atom is -0.507 e. The van der Waals surface area contributed by atoms with Crippen LogP contribution in [0.5, 0.6) is 5.75 Å². The van der Waals surface area contributed by atoms with E-state index in [1.807, 2.05) is 53.4 Å². The molecule has 0 radical (unpaired) electrons. The number of hydrogen-bond acceptors (Lipinski definition) is 4. The van der Waals surface area contributed by atoms with Crippen molar-refractivity contribution in [3.63, 3.8) is 0 Å². The van der Waals surface area contributed by atoms with E-state index in [9.17, 15) is 19.5 Å². The molecule has 1 aromatic heterocycles. The van der Waals surface area contributed by atoms with Gasteiger partial charge in [0.25, 0.3) is 5.91 Å². The molecule has 1 aliphatic rings. The summed E-state index contributed by atoms with van der Waals surface area (Å²) in [7, 11) is 1.70. The molecule has 38 heavy (non-hydrogen) atoms. The maximum atomic E-state index is 13.0. The third-order valence-electron chi connectivity index (χ3n) is 7.54. The van der Waals surface area contributed by atoms with Crippen LogP contribution in [-0.4, -0.2) is 44.0 Å². The minimum absolute atomic E-state index is 0.00184. The number of hydrogen-bond donors (Lipinski definition) is 2. The van der Waals surface area contributed by atoms with E-state index in [0.29, 0.717) is 41.4 Å². The number of piperidine rings is 1. The van der Waals surface area contributed by atoms with Crippen LogP contribution >= 0.6 is 0 Å². The van der Waals surface area contributed by atoms with Gasteiger partial charge in [-0.25, -0.2) is 4.79 Å². The molecule has 2 heterocycles. The quantitative estimate of drug-likeness (QED) is 0.416. The van der Waals surface area contributed by atoms with Crippen molar-refractivity contribution in [1.82, 2.24) is 14.0 Å². The Hall–Kier alpha value is -4.33. The average Bonchev–Trinajstić information content (AvgIpc) is 3.16. The van der Waals surface area contributed by atoms with Gasteiger partial charge in [-0.1, -0.05) is 24.3 Å². The maximum Gasteiger partial charge on any atom is 0.329 e. The van der Waals surface area contributed by atoms with Crippen LogP contribution in [0, 0.1) is 13.8 Å². The molecule has 4 aromatic rings. The van der Waals surface area contributed by atoms with Gasteiger partial charge in [-0.05, 0) is 85.7 Å². The Morgan fingerprint density at radius 2 is 1.55 bits per heavy atom. The number of para-hydroxylation sites is 2. The molecule has 1 fully saturated rings. The molecule has 0 spiro atoms. The predicted molar refractivity (Wildman–Crippen MR) is 148 cm³/mol. The zero-order valence-electron chi connectivity index (χ0n) is 21.9. The van der Waals surface area contributed by atoms with Crippen LogP contribution in [0.2, 0.25) is 0 Å². The van der Waals surface area contributed by atoms with Crippen molar-refractivity contribution in [2.45, 2.75) is 39.2 Å². The van der Waals surface area contributed by atoms with Crippen molar-refractivity contribution in [3.8, 4) is 5.75 Å². The maximum absolute atomic E-state index is 13.0. The summed E-state index contributed by atoms with van der Waals surface area (Å²) in [6, 6.07) is 18.7. The number of likely N-dealkylation sites (tertiary alicyclic amines) is 1. The summed E-state index contributed by atoms with van der Waals surface area (Å²) in [4.78, 5) is 40.2. The first-order chi connectivity index (χ1) is 18.2. The monoisotopic (exact) mass is 512 g/mol. The first kappa shape index (κ1) is 25.3. The van der Waals surface area contributed by atoms with E-state index in [-0.39, 0.29) is 29.8 Å². The lowest BCUT2D eigenvalue weighted by Crippen LogP contribution is -2.38. The molecule has 196 valence electrons. The molecular weight excluding hydrogens is 480 g/mol. The molecule has 8 heteroatoms. The Morgan fingerprint density at radius 1 is 0.947 bits per heavy atom. The third-order valence-corrected chi connectivity index (χ3v) is 7.54. The Labute approximate surface area is 221 Å². The molecule has 0 saturated carbocycles. The largest absolute Gasteiger partial charge is 0.507 e. The van der Waals surface area contributed by atoms with Gasteiger partial charge in [0, 0.05) is 31.4 Å². The molecule has 1 aliphatic heterocycles. The van der Waals surface area contributed by atoms with E-state index in [1.54, 1.807) is 37.6 Å². The number of anilines is 1. The lowest BCUT2D eigenvalue weighted by Gasteiger charge is -2.32. The molecule has 5 rings (SSSR count). The number of nitrogens with one attached hydrogen (secondary N) is 1. The summed E-state index contributed by atoms with van der Waals surface area (Å²) >= 11 is 0. The summed E-state index contributed by atoms with van der Waals surface area (Å²) in [5.74, 6) is 0.310. The summed E-state index contributed by atoms with van der Waals surface area (Å²) < 4.78 is 3.03. The number of imidazole rings is 1. The fourth-order valence-corrected chi connectivity index (χ4v) is 5.38. The van der Waals surface area contributed by atoms with Gasteiger partial charge >= 0.3 is 5.69 Å². The van der Waals surface area contributed by atoms with Gasteiger partial charge < -0.3 is 15.3 Å². The standard InChI is InChI=1S/C30H32N4O4/c1-19-16-23(17-20(2)28(19)36)29(37)33-14-12-22(13-15-33)21-8-10-24(11-9-21)31-27(35)18-34-26-7-5-4-6-25(26)32(3)30(34)38/h4-11,16-17,22,36H,12-15,18H2,1-3H3,(H,31,35). The Kier molecular flexibility index (Phi) is 6.80. The third kappa shape index (κ3) is 4.81. The Balaban J connectivity index is 1.19. The number of benzene rings is 3. The van der Waals surface area contributed by atoms with Gasteiger partial charge in [0.15, 0.2) is 0 Å².